The summed E-state index contributed by atoms with van der Waals surface area (Å²) >= 11 is 5.09. The maximum Gasteiger partial charge on any atom is 0.105 e. The number of benzene rings is 10. The number of hydrogen-bond donors (Lipinski definition) is 2. The van der Waals surface area contributed by atoms with E-state index < -0.39 is 0 Å². The molecule has 0 aromatic heterocycles. The van der Waals surface area contributed by atoms with Crippen LogP contribution in [0.15, 0.2) is 310 Å². The number of rotatable bonds is 24. The van der Waals surface area contributed by atoms with E-state index in [2.05, 4.69) is 230 Å². The van der Waals surface area contributed by atoms with Gasteiger partial charge in [-0.2, -0.15) is 0 Å². The SMILES string of the molecule is CC(OCC(=Cc1ccc(N(c2ccccc2)c2ccccc2)cc1)N(N)c1ccccc1)Sc1ccc(Sc2ccc(SC(C)OCC(=Cc3ccc(N(c4ccccc4)c4ccccc4)cc3)N(N)c3ccccc3)cc2)cc1. The molecule has 0 fully saturated rings. The normalized spacial score (nSPS) is 12.3. The van der Waals surface area contributed by atoms with Crippen molar-refractivity contribution in [3.63, 3.8) is 0 Å². The Hall–Kier alpha value is -8.23. The topological polar surface area (TPSA) is 83.5 Å². The second-order valence-electron chi connectivity index (χ2n) is 18.9. The second-order valence-corrected chi connectivity index (χ2v) is 22.8. The van der Waals surface area contributed by atoms with Crippen LogP contribution in [0.3, 0.4) is 0 Å². The summed E-state index contributed by atoms with van der Waals surface area (Å²) in [6.45, 7) is 4.79. The van der Waals surface area contributed by atoms with Gasteiger partial charge in [0.1, 0.15) is 10.9 Å². The molecular weight excluding hydrogens is 1050 g/mol. The lowest BCUT2D eigenvalue weighted by Gasteiger charge is -2.26. The van der Waals surface area contributed by atoms with E-state index in [4.69, 9.17) is 21.2 Å². The van der Waals surface area contributed by atoms with Crippen molar-refractivity contribution >= 4 is 92.9 Å². The summed E-state index contributed by atoms with van der Waals surface area (Å²) in [4.78, 5) is 9.05. The monoisotopic (exact) mass is 1120 g/mol. The molecule has 2 atom stereocenters. The molecule has 10 aromatic carbocycles. The zero-order chi connectivity index (χ0) is 55.6. The average Bonchev–Trinajstić information content (AvgIpc) is 3.52. The number of hydrogen-bond acceptors (Lipinski definition) is 11. The Kier molecular flexibility index (Phi) is 19.6. The van der Waals surface area contributed by atoms with Crippen LogP contribution in [0.4, 0.5) is 45.5 Å². The molecule has 0 saturated heterocycles. The van der Waals surface area contributed by atoms with Gasteiger partial charge in [0.15, 0.2) is 0 Å². The number of anilines is 8. The van der Waals surface area contributed by atoms with Crippen LogP contribution in [0.25, 0.3) is 12.2 Å². The van der Waals surface area contributed by atoms with Crippen molar-refractivity contribution in [1.29, 1.82) is 0 Å². The van der Waals surface area contributed by atoms with E-state index in [1.165, 1.54) is 0 Å². The van der Waals surface area contributed by atoms with Gasteiger partial charge in [-0.25, -0.2) is 11.7 Å². The van der Waals surface area contributed by atoms with Crippen molar-refractivity contribution < 1.29 is 9.47 Å². The first-order valence-electron chi connectivity index (χ1n) is 26.9. The van der Waals surface area contributed by atoms with Crippen molar-refractivity contribution in [3.8, 4) is 0 Å². The minimum Gasteiger partial charge on any atom is -0.361 e. The summed E-state index contributed by atoms with van der Waals surface area (Å²) in [6, 6.07) is 96.0. The lowest BCUT2D eigenvalue weighted by atomic mass is 10.1. The van der Waals surface area contributed by atoms with E-state index in [1.54, 1.807) is 45.3 Å². The van der Waals surface area contributed by atoms with Gasteiger partial charge in [0.2, 0.25) is 0 Å². The van der Waals surface area contributed by atoms with Crippen molar-refractivity contribution in [2.24, 2.45) is 11.7 Å². The maximum absolute atomic E-state index is 6.82. The highest BCUT2D eigenvalue weighted by Crippen LogP contribution is 2.38. The van der Waals surface area contributed by atoms with Gasteiger partial charge in [0.05, 0.1) is 36.0 Å². The van der Waals surface area contributed by atoms with Gasteiger partial charge < -0.3 is 19.3 Å². The minimum atomic E-state index is -0.143. The second kappa shape index (κ2) is 28.3. The van der Waals surface area contributed by atoms with Crippen LogP contribution in [0.5, 0.6) is 0 Å². The molecule has 8 nitrogen and oxygen atoms in total. The van der Waals surface area contributed by atoms with Gasteiger partial charge in [-0.1, -0.05) is 169 Å². The molecule has 0 aliphatic carbocycles. The zero-order valence-corrected chi connectivity index (χ0v) is 47.7. The Balaban J connectivity index is 0.738. The number of nitrogens with zero attached hydrogens (tertiary/aromatic N) is 4. The molecule has 0 aliphatic heterocycles. The fourth-order valence-electron chi connectivity index (χ4n) is 9.06. The fraction of sp³-hybridized carbons (Fsp3) is 0.0857. The molecule has 10 aromatic rings. The third kappa shape index (κ3) is 15.6. The Morgan fingerprint density at radius 3 is 0.864 bits per heavy atom. The molecule has 404 valence electrons. The number of thioether (sulfide) groups is 2. The van der Waals surface area contributed by atoms with Crippen LogP contribution in [-0.4, -0.2) is 24.1 Å². The molecule has 11 heteroatoms. The highest BCUT2D eigenvalue weighted by molar-refractivity contribution is 8.00. The molecule has 0 heterocycles. The van der Waals surface area contributed by atoms with Crippen LogP contribution in [0, 0.1) is 0 Å². The summed E-state index contributed by atoms with van der Waals surface area (Å²) in [5.74, 6) is 13.6. The third-order valence-electron chi connectivity index (χ3n) is 13.1. The van der Waals surface area contributed by atoms with E-state index in [1.807, 2.05) is 84.9 Å². The van der Waals surface area contributed by atoms with Gasteiger partial charge in [0, 0.05) is 53.7 Å². The third-order valence-corrected chi connectivity index (χ3v) is 16.2. The number of ether oxygens (including phenoxy) is 2. The van der Waals surface area contributed by atoms with Crippen molar-refractivity contribution in [1.82, 2.24) is 0 Å². The fourth-order valence-corrected chi connectivity index (χ4v) is 11.5. The zero-order valence-electron chi connectivity index (χ0n) is 45.3. The van der Waals surface area contributed by atoms with E-state index in [0.29, 0.717) is 13.2 Å². The van der Waals surface area contributed by atoms with Crippen molar-refractivity contribution in [3.05, 3.63) is 302 Å². The predicted octanol–water partition coefficient (Wildman–Crippen LogP) is 18.5. The van der Waals surface area contributed by atoms with E-state index in [9.17, 15) is 0 Å². The summed E-state index contributed by atoms with van der Waals surface area (Å²) in [6.07, 6.45) is 4.19. The van der Waals surface area contributed by atoms with E-state index in [0.717, 1.165) is 87.6 Å². The lowest BCUT2D eigenvalue weighted by Crippen LogP contribution is -2.32. The molecule has 0 bridgehead atoms. The standard InChI is InChI=1S/C70H64N6O2S3/c1-53(77-51-65(75(71)63-29-17-7-18-30-63)49-55-33-37-61(38-34-55)73(57-21-9-3-10-22-57)58-23-11-4-12-24-58)79-67-41-45-69(46-42-67)81-70-47-43-68(44-48-70)80-54(2)78-52-66(76(72)64-31-19-8-20-32-64)50-56-35-39-62(40-36-56)74(59-25-13-5-14-26-59)60-27-15-6-16-28-60/h3-50,53-54H,51-52,71-72H2,1-2H3. The Labute approximate surface area is 489 Å². The molecule has 81 heavy (non-hydrogen) atoms. The van der Waals surface area contributed by atoms with Gasteiger partial charge in [-0.3, -0.25) is 10.0 Å². The summed E-state index contributed by atoms with van der Waals surface area (Å²) in [5.41, 5.74) is 11.6. The van der Waals surface area contributed by atoms with Crippen molar-refractivity contribution in [2.45, 2.75) is 44.3 Å². The molecule has 0 amide bonds. The molecule has 4 N–H and O–H groups in total. The van der Waals surface area contributed by atoms with Crippen LogP contribution >= 0.6 is 35.3 Å². The molecule has 0 spiro atoms. The van der Waals surface area contributed by atoms with Gasteiger partial charge in [-0.05, 0) is 183 Å². The maximum atomic E-state index is 6.82. The molecule has 10 rings (SSSR count). The summed E-state index contributed by atoms with van der Waals surface area (Å²) in [5, 5.41) is 3.42. The molecule has 0 radical (unpaired) electrons. The van der Waals surface area contributed by atoms with Gasteiger partial charge >= 0.3 is 0 Å². The van der Waals surface area contributed by atoms with Crippen LogP contribution < -0.4 is 31.5 Å². The van der Waals surface area contributed by atoms with Crippen LogP contribution in [0.1, 0.15) is 25.0 Å². The Morgan fingerprint density at radius 2 is 0.580 bits per heavy atom. The average molecular weight is 1120 g/mol. The van der Waals surface area contributed by atoms with E-state index >= 15 is 0 Å². The smallest absolute Gasteiger partial charge is 0.105 e. The highest BCUT2D eigenvalue weighted by Gasteiger charge is 2.17. The molecule has 0 saturated carbocycles. The van der Waals surface area contributed by atoms with Gasteiger partial charge in [-0.15, -0.1) is 0 Å². The van der Waals surface area contributed by atoms with Gasteiger partial charge in [0.25, 0.3) is 0 Å². The highest BCUT2D eigenvalue weighted by atomic mass is 32.2. The van der Waals surface area contributed by atoms with Crippen molar-refractivity contribution in [2.75, 3.05) is 33.0 Å². The number of hydrazine groups is 2. The number of nitrogens with two attached hydrogens (primary N) is 2. The Bertz CT molecular complexity index is 3230. The largest absolute Gasteiger partial charge is 0.361 e. The molecule has 2 unspecified atom stereocenters. The van der Waals surface area contributed by atoms with E-state index in [-0.39, 0.29) is 10.9 Å². The quantitative estimate of drug-likeness (QED) is 0.0263. The molecular formula is C70H64N6O2S3. The lowest BCUT2D eigenvalue weighted by molar-refractivity contribution is 0.144. The summed E-state index contributed by atoms with van der Waals surface area (Å²) < 4.78 is 13.0. The molecule has 0 aliphatic rings. The number of para-hydroxylation sites is 6. The Morgan fingerprint density at radius 1 is 0.333 bits per heavy atom. The predicted molar refractivity (Wildman–Crippen MR) is 344 cm³/mol. The first-order valence-corrected chi connectivity index (χ1v) is 29.4. The summed E-state index contributed by atoms with van der Waals surface area (Å²) in [7, 11) is 0. The van der Waals surface area contributed by atoms with Crippen LogP contribution in [-0.2, 0) is 9.47 Å². The first kappa shape index (κ1) is 56.1. The minimum absolute atomic E-state index is 0.143. The van der Waals surface area contributed by atoms with Crippen LogP contribution in [0.2, 0.25) is 0 Å². The first-order chi connectivity index (χ1) is 39.8.